The highest BCUT2D eigenvalue weighted by Gasteiger charge is 2.46. The van der Waals surface area contributed by atoms with Crippen LogP contribution >= 0.6 is 0 Å². The largest absolute Gasteiger partial charge is 0.413 e. The molecular weight excluding hydrogens is 505 g/mol. The van der Waals surface area contributed by atoms with Gasteiger partial charge in [-0.2, -0.15) is 0 Å². The molecule has 1 atom stereocenters. The molecule has 0 saturated heterocycles. The fourth-order valence-corrected chi connectivity index (χ4v) is 13.4. The van der Waals surface area contributed by atoms with E-state index in [0.717, 1.165) is 12.8 Å². The molecule has 0 heterocycles. The zero-order valence-corrected chi connectivity index (χ0v) is 30.9. The van der Waals surface area contributed by atoms with Crippen molar-refractivity contribution in [2.45, 2.75) is 156 Å². The minimum absolute atomic E-state index is 0.0262. The summed E-state index contributed by atoms with van der Waals surface area (Å²) < 4.78 is 14.2. The molecule has 0 saturated carbocycles. The first-order chi connectivity index (χ1) is 16.4. The molecule has 218 valence electrons. The van der Waals surface area contributed by atoms with Crippen molar-refractivity contribution in [2.75, 3.05) is 6.61 Å². The van der Waals surface area contributed by atoms with Gasteiger partial charge in [-0.25, -0.2) is 0 Å². The Morgan fingerprint density at radius 1 is 0.811 bits per heavy atom. The van der Waals surface area contributed by atoms with Gasteiger partial charge >= 0.3 is 0 Å². The van der Waals surface area contributed by atoms with Gasteiger partial charge in [0.15, 0.2) is 22.4 Å². The van der Waals surface area contributed by atoms with Gasteiger partial charge in [-0.3, -0.25) is 4.79 Å². The fraction of sp³-hybridized carbons (Fsp3) is 0.839. The Morgan fingerprint density at radius 2 is 1.27 bits per heavy atom. The molecular formula is C31H64O3Si3. The van der Waals surface area contributed by atoms with Crippen LogP contribution in [-0.2, 0) is 13.6 Å². The average Bonchev–Trinajstić information content (AvgIpc) is 2.63. The third-order valence-electron chi connectivity index (χ3n) is 8.01. The Labute approximate surface area is 235 Å². The van der Waals surface area contributed by atoms with Crippen molar-refractivity contribution in [2.24, 2.45) is 5.41 Å². The summed E-state index contributed by atoms with van der Waals surface area (Å²) in [6, 6.07) is 0. The van der Waals surface area contributed by atoms with Crippen LogP contribution in [0.15, 0.2) is 23.4 Å². The van der Waals surface area contributed by atoms with Crippen molar-refractivity contribution < 1.29 is 13.6 Å². The molecule has 0 aromatic rings. The van der Waals surface area contributed by atoms with Crippen LogP contribution < -0.4 is 0 Å². The summed E-state index contributed by atoms with van der Waals surface area (Å²) in [4.78, 5) is 12.5. The molecule has 0 aliphatic heterocycles. The predicted octanol–water partition coefficient (Wildman–Crippen LogP) is 10.3. The zero-order chi connectivity index (χ0) is 29.6. The van der Waals surface area contributed by atoms with Crippen molar-refractivity contribution in [3.63, 3.8) is 0 Å². The van der Waals surface area contributed by atoms with E-state index in [9.17, 15) is 4.79 Å². The summed E-state index contributed by atoms with van der Waals surface area (Å²) >= 11 is 0. The van der Waals surface area contributed by atoms with Gasteiger partial charge in [-0.05, 0) is 53.7 Å². The maximum Gasteiger partial charge on any atom is 0.200 e. The maximum atomic E-state index is 12.5. The lowest BCUT2D eigenvalue weighted by atomic mass is 9.90. The summed E-state index contributed by atoms with van der Waals surface area (Å²) in [5, 5.41) is 0.135. The molecule has 0 rings (SSSR count). The van der Waals surface area contributed by atoms with Crippen LogP contribution in [0, 0.1) is 5.41 Å². The van der Waals surface area contributed by atoms with Gasteiger partial charge in [-0.15, -0.1) is 0 Å². The van der Waals surface area contributed by atoms with Gasteiger partial charge in [-0.1, -0.05) is 120 Å². The standard InChI is InChI=1S/C31H64O3Si3/c1-24(2)37(25(3)4,26(5)6)33-22-28(34-36(16,17)31(10,11)12)21-27(23-35(13,14)15)19-18-20-29(32)30(7,8)9/h18,20,23-26,28H,19,21-22H2,1-17H3/b20-18+,27-23+. The van der Waals surface area contributed by atoms with E-state index in [4.69, 9.17) is 8.85 Å². The summed E-state index contributed by atoms with van der Waals surface area (Å²) in [5.74, 6) is 0.179. The van der Waals surface area contributed by atoms with Gasteiger partial charge < -0.3 is 8.85 Å². The molecule has 0 bridgehead atoms. The summed E-state index contributed by atoms with van der Waals surface area (Å²) in [6.07, 6.45) is 5.54. The van der Waals surface area contributed by atoms with Crippen LogP contribution in [0.4, 0.5) is 0 Å². The fourth-order valence-electron chi connectivity index (χ4n) is 5.14. The normalized spacial score (nSPS) is 15.9. The molecule has 0 N–H and O–H groups in total. The van der Waals surface area contributed by atoms with Gasteiger partial charge in [0, 0.05) is 5.41 Å². The molecule has 0 radical (unpaired) electrons. The second kappa shape index (κ2) is 13.9. The molecule has 0 aliphatic carbocycles. The van der Waals surface area contributed by atoms with Crippen LogP contribution in [0.3, 0.4) is 0 Å². The van der Waals surface area contributed by atoms with Crippen LogP contribution in [-0.4, -0.2) is 43.2 Å². The van der Waals surface area contributed by atoms with E-state index in [1.807, 2.05) is 20.8 Å². The average molecular weight is 569 g/mol. The van der Waals surface area contributed by atoms with E-state index in [1.54, 1.807) is 6.08 Å². The molecule has 0 aromatic carbocycles. The highest BCUT2D eigenvalue weighted by atomic mass is 28.4. The molecule has 0 aliphatic rings. The van der Waals surface area contributed by atoms with E-state index >= 15 is 0 Å². The first-order valence-corrected chi connectivity index (χ1v) is 23.2. The minimum atomic E-state index is -2.00. The number of carbonyl (C=O) groups is 1. The van der Waals surface area contributed by atoms with E-state index in [0.29, 0.717) is 23.2 Å². The third kappa shape index (κ3) is 11.8. The second-order valence-electron chi connectivity index (χ2n) is 15.7. The Hall–Kier alpha value is -0.279. The van der Waals surface area contributed by atoms with Crippen LogP contribution in [0.1, 0.15) is 95.9 Å². The van der Waals surface area contributed by atoms with Gasteiger partial charge in [0.25, 0.3) is 0 Å². The van der Waals surface area contributed by atoms with Crippen molar-refractivity contribution in [3.8, 4) is 0 Å². The Bertz CT molecular complexity index is 751. The van der Waals surface area contributed by atoms with Gasteiger partial charge in [0.05, 0.1) is 20.8 Å². The van der Waals surface area contributed by atoms with E-state index < -0.39 is 24.7 Å². The molecule has 0 amide bonds. The van der Waals surface area contributed by atoms with Crippen LogP contribution in [0.2, 0.25) is 54.4 Å². The lowest BCUT2D eigenvalue weighted by Crippen LogP contribution is -2.51. The third-order valence-corrected chi connectivity index (χ3v) is 19.9. The van der Waals surface area contributed by atoms with Gasteiger partial charge in [0.1, 0.15) is 0 Å². The smallest absolute Gasteiger partial charge is 0.200 e. The monoisotopic (exact) mass is 568 g/mol. The first kappa shape index (κ1) is 36.7. The van der Waals surface area contributed by atoms with Crippen molar-refractivity contribution >= 4 is 30.5 Å². The number of allylic oxidation sites excluding steroid dienone is 2. The molecule has 0 spiro atoms. The van der Waals surface area contributed by atoms with E-state index in [2.05, 4.69) is 107 Å². The molecule has 6 heteroatoms. The lowest BCUT2D eigenvalue weighted by Gasteiger charge is -2.44. The number of hydrogen-bond donors (Lipinski definition) is 0. The van der Waals surface area contributed by atoms with Crippen LogP contribution in [0.25, 0.3) is 0 Å². The van der Waals surface area contributed by atoms with E-state index in [-0.39, 0.29) is 22.3 Å². The minimum Gasteiger partial charge on any atom is -0.413 e. The highest BCUT2D eigenvalue weighted by Crippen LogP contribution is 2.43. The molecule has 0 aromatic heterocycles. The lowest BCUT2D eigenvalue weighted by molar-refractivity contribution is -0.121. The van der Waals surface area contributed by atoms with E-state index in [1.165, 1.54) is 5.57 Å². The maximum absolute atomic E-state index is 12.5. The second-order valence-corrected chi connectivity index (χ2v) is 31.0. The van der Waals surface area contributed by atoms with Crippen LogP contribution in [0.5, 0.6) is 0 Å². The number of hydrogen-bond acceptors (Lipinski definition) is 3. The summed E-state index contributed by atoms with van der Waals surface area (Å²) in [5.41, 5.74) is 5.19. The summed E-state index contributed by atoms with van der Waals surface area (Å²) in [6.45, 7) is 39.5. The predicted molar refractivity (Wildman–Crippen MR) is 173 cm³/mol. The summed E-state index contributed by atoms with van der Waals surface area (Å²) in [7, 11) is -5.47. The number of carbonyl (C=O) groups excluding carboxylic acids is 1. The Balaban J connectivity index is 6.29. The van der Waals surface area contributed by atoms with Crippen molar-refractivity contribution in [1.29, 1.82) is 0 Å². The van der Waals surface area contributed by atoms with Gasteiger partial charge in [0.2, 0.25) is 0 Å². The SMILES string of the molecule is CC(C)[Si](OCC(C/C(=C/[Si](C)(C)C)C/C=C/C(=O)C(C)(C)C)O[Si](C)(C)C(C)(C)C)(C(C)C)C(C)C. The molecule has 37 heavy (non-hydrogen) atoms. The molecule has 0 fully saturated rings. The zero-order valence-electron chi connectivity index (χ0n) is 27.9. The Kier molecular flexibility index (Phi) is 13.8. The van der Waals surface area contributed by atoms with Crippen molar-refractivity contribution in [1.82, 2.24) is 0 Å². The number of ketones is 1. The molecule has 3 nitrogen and oxygen atoms in total. The highest BCUT2D eigenvalue weighted by molar-refractivity contribution is 6.81. The number of rotatable bonds is 14. The first-order valence-electron chi connectivity index (χ1n) is 14.6. The molecule has 1 unspecified atom stereocenters. The Morgan fingerprint density at radius 3 is 1.62 bits per heavy atom. The quantitative estimate of drug-likeness (QED) is 0.154. The topological polar surface area (TPSA) is 35.5 Å². The van der Waals surface area contributed by atoms with Crippen molar-refractivity contribution in [3.05, 3.63) is 23.4 Å².